The van der Waals surface area contributed by atoms with E-state index in [-0.39, 0.29) is 28.0 Å². The maximum Gasteiger partial charge on any atom is 0.374 e. The average Bonchev–Trinajstić information content (AvgIpc) is 3.17. The summed E-state index contributed by atoms with van der Waals surface area (Å²) in [5.74, 6) is -0.107. The van der Waals surface area contributed by atoms with Crippen molar-refractivity contribution in [1.29, 1.82) is 0 Å². The first kappa shape index (κ1) is 16.2. The number of halogens is 1. The predicted molar refractivity (Wildman–Crippen MR) is 75.7 cm³/mol. The van der Waals surface area contributed by atoms with Crippen LogP contribution >= 0.6 is 0 Å². The van der Waals surface area contributed by atoms with Crippen molar-refractivity contribution >= 4 is 28.4 Å². The van der Waals surface area contributed by atoms with Gasteiger partial charge in [0.2, 0.25) is 11.5 Å². The molecule has 0 saturated carbocycles. The van der Waals surface area contributed by atoms with Crippen molar-refractivity contribution < 1.29 is 33.1 Å². The Kier molecular flexibility index (Phi) is 4.44. The highest BCUT2D eigenvalue weighted by Crippen LogP contribution is 2.34. The Balaban J connectivity index is 0.000000924. The van der Waals surface area contributed by atoms with Crippen molar-refractivity contribution in [2.75, 3.05) is 5.73 Å². The van der Waals surface area contributed by atoms with Gasteiger partial charge in [0, 0.05) is 0 Å². The van der Waals surface area contributed by atoms with Crippen LogP contribution in [0, 0.1) is 5.82 Å². The monoisotopic (exact) mass is 322 g/mol. The first-order chi connectivity index (χ1) is 11.0. The SMILES string of the molecule is NO.Nc1c(C(=O)O)oc2ccc(F)c(C(=O)c3ccco3)c12. The Morgan fingerprint density at radius 1 is 1.17 bits per heavy atom. The van der Waals surface area contributed by atoms with Crippen molar-refractivity contribution in [3.05, 3.63) is 53.4 Å². The van der Waals surface area contributed by atoms with Crippen LogP contribution in [0.15, 0.2) is 39.4 Å². The fourth-order valence-electron chi connectivity index (χ4n) is 2.10. The van der Waals surface area contributed by atoms with Crippen LogP contribution in [0.25, 0.3) is 11.0 Å². The minimum Gasteiger partial charge on any atom is -0.475 e. The first-order valence-corrected chi connectivity index (χ1v) is 6.08. The second kappa shape index (κ2) is 6.30. The Bertz CT molecular complexity index is 869. The van der Waals surface area contributed by atoms with Gasteiger partial charge in [-0.15, -0.1) is 0 Å². The van der Waals surface area contributed by atoms with Crippen LogP contribution in [0.2, 0.25) is 0 Å². The van der Waals surface area contributed by atoms with E-state index >= 15 is 0 Å². The summed E-state index contributed by atoms with van der Waals surface area (Å²) in [6, 6.07) is 5.07. The second-order valence-electron chi connectivity index (χ2n) is 4.25. The third-order valence-corrected chi connectivity index (χ3v) is 3.01. The average molecular weight is 322 g/mol. The number of hydrogen-bond acceptors (Lipinski definition) is 7. The molecule has 3 rings (SSSR count). The summed E-state index contributed by atoms with van der Waals surface area (Å²) in [7, 11) is 0. The van der Waals surface area contributed by atoms with Crippen molar-refractivity contribution in [2.24, 2.45) is 5.90 Å². The highest BCUT2D eigenvalue weighted by Gasteiger charge is 2.26. The molecule has 0 aliphatic rings. The molecule has 1 aromatic carbocycles. The van der Waals surface area contributed by atoms with E-state index in [0.717, 1.165) is 6.07 Å². The lowest BCUT2D eigenvalue weighted by atomic mass is 10.0. The molecule has 0 radical (unpaired) electrons. The highest BCUT2D eigenvalue weighted by molar-refractivity contribution is 6.19. The molecule has 120 valence electrons. The van der Waals surface area contributed by atoms with Gasteiger partial charge in [0.1, 0.15) is 11.4 Å². The third kappa shape index (κ3) is 2.65. The Morgan fingerprint density at radius 3 is 2.43 bits per heavy atom. The molecule has 2 aromatic heterocycles. The highest BCUT2D eigenvalue weighted by atomic mass is 19.1. The number of carboxylic acid groups (broad SMARTS) is 1. The van der Waals surface area contributed by atoms with E-state index in [1.165, 1.54) is 24.5 Å². The molecule has 8 nitrogen and oxygen atoms in total. The Labute approximate surface area is 127 Å². The molecule has 0 aliphatic carbocycles. The fraction of sp³-hybridized carbons (Fsp3) is 0. The smallest absolute Gasteiger partial charge is 0.374 e. The quantitative estimate of drug-likeness (QED) is 0.422. The number of carbonyl (C=O) groups excluding carboxylic acids is 1. The van der Waals surface area contributed by atoms with Crippen LogP contribution in [0.4, 0.5) is 10.1 Å². The molecular formula is C14H11FN2O6. The molecule has 0 bridgehead atoms. The molecule has 0 spiro atoms. The van der Waals surface area contributed by atoms with Gasteiger partial charge in [-0.3, -0.25) is 4.79 Å². The van der Waals surface area contributed by atoms with Crippen LogP contribution < -0.4 is 11.6 Å². The number of furan rings is 2. The number of anilines is 1. The second-order valence-corrected chi connectivity index (χ2v) is 4.25. The van der Waals surface area contributed by atoms with Crippen LogP contribution in [0.3, 0.4) is 0 Å². The number of carboxylic acids is 1. The van der Waals surface area contributed by atoms with E-state index in [9.17, 15) is 14.0 Å². The van der Waals surface area contributed by atoms with Gasteiger partial charge in [0.05, 0.1) is 22.9 Å². The maximum atomic E-state index is 14.0. The lowest BCUT2D eigenvalue weighted by molar-refractivity contribution is 0.0666. The topological polar surface area (TPSA) is 153 Å². The van der Waals surface area contributed by atoms with Crippen LogP contribution in [-0.2, 0) is 0 Å². The van der Waals surface area contributed by atoms with Crippen LogP contribution in [0.5, 0.6) is 0 Å². The lowest BCUT2D eigenvalue weighted by Crippen LogP contribution is -2.05. The lowest BCUT2D eigenvalue weighted by Gasteiger charge is -2.02. The van der Waals surface area contributed by atoms with E-state index in [0.29, 0.717) is 0 Å². The Hall–Kier alpha value is -3.17. The summed E-state index contributed by atoms with van der Waals surface area (Å²) < 4.78 is 24.0. The molecule has 2 heterocycles. The number of carbonyl (C=O) groups is 2. The zero-order valence-electron chi connectivity index (χ0n) is 11.4. The van der Waals surface area contributed by atoms with Gasteiger partial charge in [0.25, 0.3) is 0 Å². The minimum absolute atomic E-state index is 0.0150. The van der Waals surface area contributed by atoms with E-state index in [1.54, 1.807) is 0 Å². The molecule has 0 saturated heterocycles. The van der Waals surface area contributed by atoms with Crippen LogP contribution in [-0.4, -0.2) is 22.1 Å². The number of fused-ring (bicyclic) bond motifs is 1. The number of aromatic carboxylic acids is 1. The molecule has 3 aromatic rings. The number of nitrogens with two attached hydrogens (primary N) is 2. The molecule has 0 atom stereocenters. The molecule has 0 fully saturated rings. The van der Waals surface area contributed by atoms with Gasteiger partial charge in [-0.05, 0) is 24.3 Å². The molecular weight excluding hydrogens is 311 g/mol. The maximum absolute atomic E-state index is 14.0. The standard InChI is InChI=1S/C14H8FNO5.H3NO/c15-6-3-4-7-10(11(16)13(21-7)14(18)19)9(6)12(17)8-2-1-5-20-8;1-2/h1-5H,16H2,(H,18,19);2H,1H2. The number of nitrogen functional groups attached to an aromatic ring is 1. The molecule has 0 aliphatic heterocycles. The van der Waals surface area contributed by atoms with E-state index in [4.69, 9.17) is 24.9 Å². The number of hydrogen-bond donors (Lipinski definition) is 4. The summed E-state index contributed by atoms with van der Waals surface area (Å²) in [6.07, 6.45) is 1.27. The molecule has 9 heteroatoms. The van der Waals surface area contributed by atoms with E-state index in [2.05, 4.69) is 5.90 Å². The number of rotatable bonds is 3. The summed E-state index contributed by atoms with van der Waals surface area (Å²) >= 11 is 0. The van der Waals surface area contributed by atoms with Gasteiger partial charge in [0.15, 0.2) is 5.76 Å². The molecule has 0 unspecified atom stereocenters. The van der Waals surface area contributed by atoms with Gasteiger partial charge < -0.3 is 24.9 Å². The summed E-state index contributed by atoms with van der Waals surface area (Å²) in [5.41, 5.74) is 5.01. The zero-order valence-corrected chi connectivity index (χ0v) is 11.4. The van der Waals surface area contributed by atoms with E-state index in [1.807, 2.05) is 0 Å². The molecule has 6 N–H and O–H groups in total. The molecule has 23 heavy (non-hydrogen) atoms. The zero-order chi connectivity index (χ0) is 17.1. The minimum atomic E-state index is -1.40. The fourth-order valence-corrected chi connectivity index (χ4v) is 2.10. The number of ketones is 1. The van der Waals surface area contributed by atoms with Crippen molar-refractivity contribution in [1.82, 2.24) is 0 Å². The molecule has 0 amide bonds. The summed E-state index contributed by atoms with van der Waals surface area (Å²) in [5, 5.41) is 15.4. The van der Waals surface area contributed by atoms with Gasteiger partial charge in [-0.1, -0.05) is 0 Å². The summed E-state index contributed by atoms with van der Waals surface area (Å²) in [6.45, 7) is 0. The normalized spacial score (nSPS) is 10.2. The van der Waals surface area contributed by atoms with Gasteiger partial charge in [-0.2, -0.15) is 0 Å². The van der Waals surface area contributed by atoms with Crippen LogP contribution in [0.1, 0.15) is 26.7 Å². The Morgan fingerprint density at radius 2 is 1.87 bits per heavy atom. The van der Waals surface area contributed by atoms with Gasteiger partial charge in [-0.25, -0.2) is 15.1 Å². The van der Waals surface area contributed by atoms with E-state index < -0.39 is 23.3 Å². The number of benzene rings is 1. The first-order valence-electron chi connectivity index (χ1n) is 6.08. The predicted octanol–water partition coefficient (Wildman–Crippen LogP) is 2.01. The third-order valence-electron chi connectivity index (χ3n) is 3.01. The van der Waals surface area contributed by atoms with Crippen molar-refractivity contribution in [2.45, 2.75) is 0 Å². The van der Waals surface area contributed by atoms with Gasteiger partial charge >= 0.3 is 5.97 Å². The van der Waals surface area contributed by atoms with Crippen molar-refractivity contribution in [3.8, 4) is 0 Å². The summed E-state index contributed by atoms with van der Waals surface area (Å²) in [4.78, 5) is 23.3. The largest absolute Gasteiger partial charge is 0.475 e. The van der Waals surface area contributed by atoms with Crippen molar-refractivity contribution in [3.63, 3.8) is 0 Å².